The van der Waals surface area contributed by atoms with Gasteiger partial charge in [-0.2, -0.15) is 0 Å². The van der Waals surface area contributed by atoms with Gasteiger partial charge in [0.1, 0.15) is 5.69 Å². The molecule has 0 unspecified atom stereocenters. The Kier molecular flexibility index (Phi) is 5.46. The van der Waals surface area contributed by atoms with Crippen LogP contribution in [0.4, 0.5) is 5.95 Å². The predicted molar refractivity (Wildman–Crippen MR) is 89.1 cm³/mol. The number of anilines is 1. The molecular formula is C13H17Br2N5O. The second kappa shape index (κ2) is 7.13. The first kappa shape index (κ1) is 16.1. The molecule has 2 rings (SSSR count). The summed E-state index contributed by atoms with van der Waals surface area (Å²) in [5.41, 5.74) is 7.15. The zero-order valence-corrected chi connectivity index (χ0v) is 14.8. The number of carbonyl (C=O) groups excluding carboxylic acids is 1. The number of amides is 1. The van der Waals surface area contributed by atoms with E-state index in [1.807, 2.05) is 7.05 Å². The van der Waals surface area contributed by atoms with Gasteiger partial charge in [0.15, 0.2) is 5.95 Å². The van der Waals surface area contributed by atoms with E-state index in [1.165, 1.54) is 0 Å². The van der Waals surface area contributed by atoms with Crippen LogP contribution in [0, 0.1) is 0 Å². The highest BCUT2D eigenvalue weighted by atomic mass is 79.9. The van der Waals surface area contributed by atoms with Crippen molar-refractivity contribution < 1.29 is 4.79 Å². The van der Waals surface area contributed by atoms with Crippen LogP contribution in [0.5, 0.6) is 0 Å². The van der Waals surface area contributed by atoms with Crippen LogP contribution in [-0.2, 0) is 13.5 Å². The second-order valence-corrected chi connectivity index (χ2v) is 6.34. The fraction of sp³-hybridized carbons (Fsp3) is 0.385. The van der Waals surface area contributed by atoms with Crippen molar-refractivity contribution in [2.24, 2.45) is 7.05 Å². The van der Waals surface area contributed by atoms with E-state index in [2.05, 4.69) is 47.1 Å². The minimum absolute atomic E-state index is 0.0744. The largest absolute Gasteiger partial charge is 0.369 e. The lowest BCUT2D eigenvalue weighted by molar-refractivity contribution is 0.0944. The molecule has 0 aromatic carbocycles. The van der Waals surface area contributed by atoms with E-state index in [1.54, 1.807) is 16.8 Å². The third-order valence-corrected chi connectivity index (χ3v) is 5.25. The number of rotatable bonds is 6. The number of unbranched alkanes of at least 4 members (excludes halogenated alkanes) is 1. The molecule has 2 heterocycles. The number of nitrogens with two attached hydrogens (primary N) is 1. The van der Waals surface area contributed by atoms with Gasteiger partial charge in [-0.1, -0.05) is 0 Å². The molecule has 8 heteroatoms. The molecule has 6 nitrogen and oxygen atoms in total. The van der Waals surface area contributed by atoms with E-state index in [4.69, 9.17) is 5.73 Å². The molecule has 0 spiro atoms. The molecular weight excluding hydrogens is 402 g/mol. The van der Waals surface area contributed by atoms with Crippen molar-refractivity contribution in [3.8, 4) is 0 Å². The summed E-state index contributed by atoms with van der Waals surface area (Å²) in [6.07, 6.45) is 4.48. The quantitative estimate of drug-likeness (QED) is 0.630. The van der Waals surface area contributed by atoms with Crippen LogP contribution in [0.1, 0.15) is 29.0 Å². The lowest BCUT2D eigenvalue weighted by Crippen LogP contribution is -2.26. The summed E-state index contributed by atoms with van der Waals surface area (Å²) < 4.78 is 3.52. The summed E-state index contributed by atoms with van der Waals surface area (Å²) in [4.78, 5) is 19.0. The van der Waals surface area contributed by atoms with Crippen LogP contribution in [0.15, 0.2) is 21.3 Å². The van der Waals surface area contributed by atoms with Crippen molar-refractivity contribution in [2.75, 3.05) is 12.3 Å². The fourth-order valence-electron chi connectivity index (χ4n) is 2.00. The van der Waals surface area contributed by atoms with Gasteiger partial charge in [0.25, 0.3) is 5.91 Å². The monoisotopic (exact) mass is 417 g/mol. The van der Waals surface area contributed by atoms with Crippen molar-refractivity contribution in [3.05, 3.63) is 32.7 Å². The molecule has 0 radical (unpaired) electrons. The first-order chi connectivity index (χ1) is 9.99. The number of aromatic amines is 1. The van der Waals surface area contributed by atoms with Crippen molar-refractivity contribution in [3.63, 3.8) is 0 Å². The molecule has 1 amide bonds. The summed E-state index contributed by atoms with van der Waals surface area (Å²) in [5, 5.41) is 2.92. The van der Waals surface area contributed by atoms with Crippen molar-refractivity contribution in [2.45, 2.75) is 19.3 Å². The number of nitrogens with zero attached hydrogens (tertiary/aromatic N) is 2. The van der Waals surface area contributed by atoms with Crippen LogP contribution in [0.3, 0.4) is 0 Å². The summed E-state index contributed by atoms with van der Waals surface area (Å²) in [5.74, 6) is 0.368. The van der Waals surface area contributed by atoms with E-state index in [9.17, 15) is 4.79 Å². The molecule has 0 saturated carbocycles. The van der Waals surface area contributed by atoms with Crippen LogP contribution < -0.4 is 11.1 Å². The van der Waals surface area contributed by atoms with Gasteiger partial charge in [0.05, 0.1) is 15.3 Å². The van der Waals surface area contributed by atoms with E-state index in [-0.39, 0.29) is 5.91 Å². The molecule has 0 atom stereocenters. The molecule has 0 aliphatic rings. The van der Waals surface area contributed by atoms with E-state index < -0.39 is 0 Å². The Balaban J connectivity index is 1.73. The zero-order chi connectivity index (χ0) is 15.4. The molecule has 4 N–H and O–H groups in total. The summed E-state index contributed by atoms with van der Waals surface area (Å²) in [6, 6.07) is 1.80. The normalized spacial score (nSPS) is 10.8. The Bertz CT molecular complexity index is 635. The number of hydrogen-bond acceptors (Lipinski definition) is 3. The maximum Gasteiger partial charge on any atom is 0.267 e. The second-order valence-electron chi connectivity index (χ2n) is 4.73. The average molecular weight is 419 g/mol. The molecule has 0 fully saturated rings. The molecule has 21 heavy (non-hydrogen) atoms. The summed E-state index contributed by atoms with van der Waals surface area (Å²) >= 11 is 6.79. The van der Waals surface area contributed by atoms with Gasteiger partial charge in [-0.3, -0.25) is 4.79 Å². The van der Waals surface area contributed by atoms with Gasteiger partial charge >= 0.3 is 0 Å². The van der Waals surface area contributed by atoms with Crippen LogP contribution in [0.25, 0.3) is 0 Å². The number of carbonyl (C=O) groups is 1. The highest BCUT2D eigenvalue weighted by molar-refractivity contribution is 9.13. The lowest BCUT2D eigenvalue weighted by atomic mass is 10.2. The van der Waals surface area contributed by atoms with Gasteiger partial charge < -0.3 is 20.6 Å². The van der Waals surface area contributed by atoms with Gasteiger partial charge in [-0.05, 0) is 57.2 Å². The third-order valence-electron chi connectivity index (χ3n) is 3.16. The van der Waals surface area contributed by atoms with Crippen LogP contribution in [-0.4, -0.2) is 27.0 Å². The van der Waals surface area contributed by atoms with Gasteiger partial charge in [-0.25, -0.2) is 4.98 Å². The molecule has 0 aliphatic carbocycles. The Morgan fingerprint density at radius 3 is 2.81 bits per heavy atom. The molecule has 0 aliphatic heterocycles. The number of imidazole rings is 1. The van der Waals surface area contributed by atoms with Gasteiger partial charge in [0, 0.05) is 19.3 Å². The zero-order valence-electron chi connectivity index (χ0n) is 11.6. The Morgan fingerprint density at radius 2 is 2.24 bits per heavy atom. The number of aromatic nitrogens is 3. The first-order valence-electron chi connectivity index (χ1n) is 6.57. The topological polar surface area (TPSA) is 88.7 Å². The van der Waals surface area contributed by atoms with E-state index in [0.29, 0.717) is 18.2 Å². The van der Waals surface area contributed by atoms with Crippen molar-refractivity contribution in [1.82, 2.24) is 19.9 Å². The number of H-pyrrole nitrogens is 1. The number of aryl methyl sites for hydroxylation is 1. The SMILES string of the molecule is Cn1c(C(=O)NCCCCc2cnc(N)[nH]2)cc(Br)c1Br. The molecule has 2 aromatic rings. The highest BCUT2D eigenvalue weighted by Crippen LogP contribution is 2.26. The fourth-order valence-corrected chi connectivity index (χ4v) is 2.79. The molecule has 114 valence electrons. The van der Waals surface area contributed by atoms with Crippen molar-refractivity contribution in [1.29, 1.82) is 0 Å². The number of halogens is 2. The summed E-state index contributed by atoms with van der Waals surface area (Å²) in [6.45, 7) is 0.642. The van der Waals surface area contributed by atoms with Crippen LogP contribution in [0.2, 0.25) is 0 Å². The van der Waals surface area contributed by atoms with E-state index in [0.717, 1.165) is 34.0 Å². The standard InChI is InChI=1S/C13H17Br2N5O/c1-20-10(6-9(14)11(20)15)12(21)17-5-3-2-4-8-7-18-13(16)19-8/h6-7H,2-5H2,1H3,(H,17,21)(H3,16,18,19). The van der Waals surface area contributed by atoms with E-state index >= 15 is 0 Å². The Morgan fingerprint density at radius 1 is 1.48 bits per heavy atom. The van der Waals surface area contributed by atoms with Gasteiger partial charge in [0.2, 0.25) is 0 Å². The number of hydrogen-bond donors (Lipinski definition) is 3. The molecule has 2 aromatic heterocycles. The van der Waals surface area contributed by atoms with Gasteiger partial charge in [-0.15, -0.1) is 0 Å². The number of nitrogen functional groups attached to an aromatic ring is 1. The maximum atomic E-state index is 12.1. The summed E-state index contributed by atoms with van der Waals surface area (Å²) in [7, 11) is 1.84. The first-order valence-corrected chi connectivity index (χ1v) is 8.16. The molecule has 0 saturated heterocycles. The van der Waals surface area contributed by atoms with Crippen LogP contribution >= 0.6 is 31.9 Å². The Labute approximate surface area is 139 Å². The minimum Gasteiger partial charge on any atom is -0.369 e. The van der Waals surface area contributed by atoms with Crippen molar-refractivity contribution >= 4 is 43.7 Å². The molecule has 0 bridgehead atoms. The predicted octanol–water partition coefficient (Wildman–Crippen LogP) is 2.61. The third kappa shape index (κ3) is 4.10. The minimum atomic E-state index is -0.0744. The number of nitrogens with one attached hydrogen (secondary N) is 2. The average Bonchev–Trinajstić information content (AvgIpc) is 2.97. The smallest absolute Gasteiger partial charge is 0.267 e. The lowest BCUT2D eigenvalue weighted by Gasteiger charge is -2.06. The highest BCUT2D eigenvalue weighted by Gasteiger charge is 2.14. The Hall–Kier alpha value is -1.28. The maximum absolute atomic E-state index is 12.1.